The molecule has 1 aromatic carbocycles. The molecule has 2 aromatic rings. The molecule has 0 atom stereocenters. The molecule has 3 rings (SSSR count). The highest BCUT2D eigenvalue weighted by molar-refractivity contribution is 5.96. The maximum atomic E-state index is 11.9. The summed E-state index contributed by atoms with van der Waals surface area (Å²) in [7, 11) is 1.88. The number of rotatable bonds is 5. The Labute approximate surface area is 116 Å². The molecule has 1 aromatic heterocycles. The molecule has 0 saturated heterocycles. The Balaban J connectivity index is 1.54. The van der Waals surface area contributed by atoms with Crippen molar-refractivity contribution in [2.24, 2.45) is 7.05 Å². The average molecular weight is 273 g/mol. The Kier molecular flexibility index (Phi) is 3.43. The van der Waals surface area contributed by atoms with Gasteiger partial charge in [0.2, 0.25) is 6.79 Å². The number of hydrogen-bond acceptors (Lipinski definition) is 4. The Morgan fingerprint density at radius 1 is 1.30 bits per heavy atom. The second-order valence-electron chi connectivity index (χ2n) is 4.67. The van der Waals surface area contributed by atoms with Gasteiger partial charge in [-0.2, -0.15) is 0 Å². The van der Waals surface area contributed by atoms with Crippen LogP contribution in [0.2, 0.25) is 0 Å². The van der Waals surface area contributed by atoms with E-state index in [0.717, 1.165) is 17.1 Å². The highest BCUT2D eigenvalue weighted by Gasteiger charge is 2.13. The van der Waals surface area contributed by atoms with Gasteiger partial charge < -0.3 is 18.8 Å². The van der Waals surface area contributed by atoms with Crippen LogP contribution in [0.5, 0.6) is 11.5 Å². The third-order valence-electron chi connectivity index (χ3n) is 3.09. The smallest absolute Gasteiger partial charge is 0.231 e. The van der Waals surface area contributed by atoms with Crippen LogP contribution in [0.4, 0.5) is 0 Å². The molecule has 5 nitrogen and oxygen atoms in total. The van der Waals surface area contributed by atoms with Crippen molar-refractivity contribution in [3.05, 3.63) is 47.8 Å². The molecule has 0 amide bonds. The van der Waals surface area contributed by atoms with Gasteiger partial charge >= 0.3 is 0 Å². The van der Waals surface area contributed by atoms with Crippen molar-refractivity contribution in [1.82, 2.24) is 4.57 Å². The van der Waals surface area contributed by atoms with Gasteiger partial charge in [-0.25, -0.2) is 0 Å². The monoisotopic (exact) mass is 273 g/mol. The van der Waals surface area contributed by atoms with Crippen LogP contribution in [-0.2, 0) is 18.4 Å². The molecule has 0 fully saturated rings. The molecule has 0 N–H and O–H groups in total. The van der Waals surface area contributed by atoms with Crippen LogP contribution in [0, 0.1) is 0 Å². The first kappa shape index (κ1) is 12.7. The number of nitrogens with zero attached hydrogens (tertiary/aromatic N) is 1. The van der Waals surface area contributed by atoms with Gasteiger partial charge in [0.15, 0.2) is 17.3 Å². The molecule has 0 radical (unpaired) electrons. The van der Waals surface area contributed by atoms with Crippen LogP contribution in [0.25, 0.3) is 0 Å². The van der Waals surface area contributed by atoms with E-state index in [1.165, 1.54) is 0 Å². The Hall–Kier alpha value is -2.27. The lowest BCUT2D eigenvalue weighted by atomic mass is 10.2. The average Bonchev–Trinajstić information content (AvgIpc) is 3.06. The van der Waals surface area contributed by atoms with Crippen LogP contribution < -0.4 is 9.47 Å². The quantitative estimate of drug-likeness (QED) is 0.783. The van der Waals surface area contributed by atoms with E-state index in [4.69, 9.17) is 14.2 Å². The number of hydrogen-bond donors (Lipinski definition) is 0. The Bertz CT molecular complexity index is 633. The number of benzene rings is 1. The van der Waals surface area contributed by atoms with Crippen LogP contribution in [0.15, 0.2) is 36.7 Å². The maximum Gasteiger partial charge on any atom is 0.231 e. The van der Waals surface area contributed by atoms with Crippen molar-refractivity contribution in [2.45, 2.75) is 6.61 Å². The van der Waals surface area contributed by atoms with Gasteiger partial charge in [0.05, 0.1) is 6.61 Å². The second kappa shape index (κ2) is 5.38. The zero-order valence-corrected chi connectivity index (χ0v) is 11.2. The van der Waals surface area contributed by atoms with Gasteiger partial charge in [-0.15, -0.1) is 0 Å². The van der Waals surface area contributed by atoms with Crippen molar-refractivity contribution in [3.8, 4) is 11.5 Å². The van der Waals surface area contributed by atoms with Gasteiger partial charge in [-0.3, -0.25) is 4.79 Å². The number of ketones is 1. The number of carbonyl (C=O) groups is 1. The molecule has 1 aliphatic heterocycles. The minimum atomic E-state index is -0.0219. The first-order valence-electron chi connectivity index (χ1n) is 6.34. The van der Waals surface area contributed by atoms with Gasteiger partial charge in [-0.1, -0.05) is 6.07 Å². The lowest BCUT2D eigenvalue weighted by Gasteiger charge is -2.04. The lowest BCUT2D eigenvalue weighted by molar-refractivity contribution is 0.0726. The molecule has 1 aliphatic rings. The zero-order valence-electron chi connectivity index (χ0n) is 11.2. The van der Waals surface area contributed by atoms with E-state index in [9.17, 15) is 4.79 Å². The van der Waals surface area contributed by atoms with Crippen LogP contribution in [0.1, 0.15) is 15.9 Å². The van der Waals surface area contributed by atoms with Crippen LogP contribution >= 0.6 is 0 Å². The molecule has 0 aliphatic carbocycles. The first-order chi connectivity index (χ1) is 9.72. The molecule has 0 saturated carbocycles. The van der Waals surface area contributed by atoms with Gasteiger partial charge in [0.1, 0.15) is 6.61 Å². The lowest BCUT2D eigenvalue weighted by Crippen LogP contribution is -2.08. The molecule has 0 unspecified atom stereocenters. The van der Waals surface area contributed by atoms with E-state index in [2.05, 4.69) is 0 Å². The summed E-state index contributed by atoms with van der Waals surface area (Å²) >= 11 is 0. The number of aryl methyl sites for hydroxylation is 1. The fourth-order valence-electron chi connectivity index (χ4n) is 2.04. The summed E-state index contributed by atoms with van der Waals surface area (Å²) in [6.45, 7) is 0.694. The molecular formula is C15H15NO4. The standard InChI is InChI=1S/C15H15NO4/c1-16-5-4-12(7-16)13(17)9-18-8-11-2-3-14-15(6-11)20-10-19-14/h2-7H,8-10H2,1H3. The van der Waals surface area contributed by atoms with Crippen LogP contribution in [0.3, 0.4) is 0 Å². The highest BCUT2D eigenvalue weighted by Crippen LogP contribution is 2.32. The van der Waals surface area contributed by atoms with E-state index in [0.29, 0.717) is 12.2 Å². The number of ether oxygens (including phenoxy) is 3. The molecule has 104 valence electrons. The number of carbonyl (C=O) groups excluding carboxylic acids is 1. The minimum Gasteiger partial charge on any atom is -0.454 e. The molecule has 2 heterocycles. The second-order valence-corrected chi connectivity index (χ2v) is 4.67. The fourth-order valence-corrected chi connectivity index (χ4v) is 2.04. The summed E-state index contributed by atoms with van der Waals surface area (Å²) in [4.78, 5) is 11.9. The minimum absolute atomic E-state index is 0.0219. The predicted molar refractivity (Wildman–Crippen MR) is 72.0 cm³/mol. The topological polar surface area (TPSA) is 49.7 Å². The summed E-state index contributed by atoms with van der Waals surface area (Å²) in [6, 6.07) is 7.40. The number of Topliss-reactive ketones (excluding diaryl/α,β-unsaturated/α-hetero) is 1. The first-order valence-corrected chi connectivity index (χ1v) is 6.34. The van der Waals surface area contributed by atoms with Crippen molar-refractivity contribution in [1.29, 1.82) is 0 Å². The Morgan fingerprint density at radius 2 is 2.15 bits per heavy atom. The molecule has 5 heteroatoms. The third kappa shape index (κ3) is 2.67. The van der Waals surface area contributed by atoms with Crippen molar-refractivity contribution < 1.29 is 19.0 Å². The third-order valence-corrected chi connectivity index (χ3v) is 3.09. The molecular weight excluding hydrogens is 258 g/mol. The van der Waals surface area contributed by atoms with E-state index in [-0.39, 0.29) is 19.2 Å². The number of aromatic nitrogens is 1. The van der Waals surface area contributed by atoms with Gasteiger partial charge in [0.25, 0.3) is 0 Å². The highest BCUT2D eigenvalue weighted by atomic mass is 16.7. The molecule has 20 heavy (non-hydrogen) atoms. The predicted octanol–water partition coefficient (Wildman–Crippen LogP) is 2.15. The SMILES string of the molecule is Cn1ccc(C(=O)COCc2ccc3c(c2)OCO3)c1. The fraction of sp³-hybridized carbons (Fsp3) is 0.267. The normalized spacial score (nSPS) is 12.7. The van der Waals surface area contributed by atoms with E-state index >= 15 is 0 Å². The van der Waals surface area contributed by atoms with Gasteiger partial charge in [0, 0.05) is 25.0 Å². The number of fused-ring (bicyclic) bond motifs is 1. The van der Waals surface area contributed by atoms with Gasteiger partial charge in [-0.05, 0) is 23.8 Å². The summed E-state index contributed by atoms with van der Waals surface area (Å²) in [6.07, 6.45) is 3.62. The van der Waals surface area contributed by atoms with E-state index in [1.54, 1.807) is 12.3 Å². The molecule has 0 spiro atoms. The van der Waals surface area contributed by atoms with Crippen molar-refractivity contribution >= 4 is 5.78 Å². The molecule has 0 bridgehead atoms. The summed E-state index contributed by atoms with van der Waals surface area (Å²) < 4.78 is 17.8. The summed E-state index contributed by atoms with van der Waals surface area (Å²) in [5.74, 6) is 1.45. The largest absolute Gasteiger partial charge is 0.454 e. The maximum absolute atomic E-state index is 11.9. The zero-order chi connectivity index (χ0) is 13.9. The Morgan fingerprint density at radius 3 is 2.95 bits per heavy atom. The summed E-state index contributed by atoms with van der Waals surface area (Å²) in [5.41, 5.74) is 1.62. The van der Waals surface area contributed by atoms with Crippen molar-refractivity contribution in [3.63, 3.8) is 0 Å². The van der Waals surface area contributed by atoms with Crippen molar-refractivity contribution in [2.75, 3.05) is 13.4 Å². The van der Waals surface area contributed by atoms with E-state index in [1.807, 2.05) is 36.0 Å². The summed E-state index contributed by atoms with van der Waals surface area (Å²) in [5, 5.41) is 0. The van der Waals surface area contributed by atoms with E-state index < -0.39 is 0 Å². The van der Waals surface area contributed by atoms with Crippen LogP contribution in [-0.4, -0.2) is 23.8 Å².